The summed E-state index contributed by atoms with van der Waals surface area (Å²) >= 11 is 0. The maximum atomic E-state index is 13.0. The van der Waals surface area contributed by atoms with Crippen LogP contribution in [0.15, 0.2) is 46.0 Å². The number of rotatable bonds is 2. The van der Waals surface area contributed by atoms with Crippen LogP contribution in [0.3, 0.4) is 0 Å². The second-order valence-electron chi connectivity index (χ2n) is 6.41. The number of nitrogens with zero attached hydrogens (tertiary/aromatic N) is 4. The molecule has 0 saturated carbocycles. The van der Waals surface area contributed by atoms with Gasteiger partial charge in [-0.1, -0.05) is 6.07 Å². The topological polar surface area (TPSA) is 106 Å². The van der Waals surface area contributed by atoms with Gasteiger partial charge in [-0.25, -0.2) is 9.97 Å². The highest BCUT2D eigenvalue weighted by atomic mass is 16.3. The Morgan fingerprint density at radius 3 is 2.37 bits per heavy atom. The molecule has 0 spiro atoms. The molecule has 0 fully saturated rings. The van der Waals surface area contributed by atoms with Crippen molar-refractivity contribution in [3.05, 3.63) is 74.2 Å². The van der Waals surface area contributed by atoms with Crippen LogP contribution in [0.2, 0.25) is 0 Å². The van der Waals surface area contributed by atoms with Crippen molar-refractivity contribution in [2.24, 2.45) is 0 Å². The fourth-order valence-corrected chi connectivity index (χ4v) is 3.27. The maximum Gasteiger partial charge on any atom is 0.283 e. The molecule has 3 aromatic heterocycles. The molecule has 0 aliphatic heterocycles. The van der Waals surface area contributed by atoms with E-state index in [1.807, 2.05) is 19.9 Å². The number of aryl methyl sites for hydroxylation is 3. The van der Waals surface area contributed by atoms with E-state index < -0.39 is 0 Å². The first-order chi connectivity index (χ1) is 12.8. The van der Waals surface area contributed by atoms with Gasteiger partial charge in [0.15, 0.2) is 0 Å². The molecule has 0 aliphatic carbocycles. The number of hydrogen-bond acceptors (Lipinski definition) is 5. The van der Waals surface area contributed by atoms with Crippen LogP contribution < -0.4 is 11.1 Å². The van der Waals surface area contributed by atoms with Crippen molar-refractivity contribution >= 4 is 10.9 Å². The summed E-state index contributed by atoms with van der Waals surface area (Å²) in [5.41, 5.74) is 2.16. The Bertz CT molecular complexity index is 1290. The van der Waals surface area contributed by atoms with Crippen LogP contribution in [0.4, 0.5) is 0 Å². The van der Waals surface area contributed by atoms with E-state index in [0.29, 0.717) is 22.3 Å². The van der Waals surface area contributed by atoms with Crippen molar-refractivity contribution in [1.82, 2.24) is 24.3 Å². The lowest BCUT2D eigenvalue weighted by molar-refractivity contribution is 0.475. The number of phenolic OH excluding ortho intramolecular Hbond substituents is 1. The Labute approximate surface area is 153 Å². The van der Waals surface area contributed by atoms with Gasteiger partial charge in [0.25, 0.3) is 17.1 Å². The Balaban J connectivity index is 2.03. The summed E-state index contributed by atoms with van der Waals surface area (Å²) in [7, 11) is 0. The number of nitrogens with one attached hydrogen (secondary N) is 1. The van der Waals surface area contributed by atoms with E-state index in [1.54, 1.807) is 19.1 Å². The van der Waals surface area contributed by atoms with Crippen LogP contribution in [0.25, 0.3) is 22.5 Å². The highest BCUT2D eigenvalue weighted by Crippen LogP contribution is 2.19. The van der Waals surface area contributed by atoms with Crippen LogP contribution >= 0.6 is 0 Å². The molecule has 4 aromatic rings. The van der Waals surface area contributed by atoms with Gasteiger partial charge < -0.3 is 5.11 Å². The summed E-state index contributed by atoms with van der Waals surface area (Å²) in [6.45, 7) is 5.33. The van der Waals surface area contributed by atoms with Gasteiger partial charge in [-0.3, -0.25) is 19.3 Å². The number of pyridine rings is 1. The Morgan fingerprint density at radius 1 is 1.00 bits per heavy atom. The smallest absolute Gasteiger partial charge is 0.283 e. The summed E-state index contributed by atoms with van der Waals surface area (Å²) in [4.78, 5) is 34.3. The van der Waals surface area contributed by atoms with E-state index >= 15 is 0 Å². The van der Waals surface area contributed by atoms with Crippen LogP contribution in [0, 0.1) is 20.8 Å². The van der Waals surface area contributed by atoms with E-state index in [4.69, 9.17) is 0 Å². The first kappa shape index (κ1) is 16.8. The van der Waals surface area contributed by atoms with Crippen LogP contribution in [0.5, 0.6) is 5.75 Å². The van der Waals surface area contributed by atoms with Crippen molar-refractivity contribution in [3.63, 3.8) is 0 Å². The third kappa shape index (κ3) is 2.71. The minimum absolute atomic E-state index is 0.0361. The molecular formula is C19H17N5O3. The number of H-pyrrole nitrogens is 1. The van der Waals surface area contributed by atoms with E-state index in [1.165, 1.54) is 27.4 Å². The van der Waals surface area contributed by atoms with Gasteiger partial charge in [0.2, 0.25) is 0 Å². The average molecular weight is 363 g/mol. The van der Waals surface area contributed by atoms with E-state index in [0.717, 1.165) is 11.4 Å². The molecule has 136 valence electrons. The number of fused-ring (bicyclic) bond motifs is 1. The molecule has 8 heteroatoms. The second-order valence-corrected chi connectivity index (χ2v) is 6.41. The lowest BCUT2D eigenvalue weighted by atomic mass is 10.2. The molecular weight excluding hydrogens is 346 g/mol. The molecule has 0 atom stereocenters. The zero-order valence-electron chi connectivity index (χ0n) is 15.0. The number of benzene rings is 1. The van der Waals surface area contributed by atoms with Gasteiger partial charge in [0.1, 0.15) is 5.75 Å². The second kappa shape index (κ2) is 5.94. The third-order valence-electron chi connectivity index (χ3n) is 4.36. The zero-order valence-corrected chi connectivity index (χ0v) is 15.0. The number of hydrogen-bond donors (Lipinski definition) is 2. The normalized spacial score (nSPS) is 11.2. The molecule has 0 radical (unpaired) electrons. The number of aromatic amines is 1. The highest BCUT2D eigenvalue weighted by molar-refractivity contribution is 5.81. The Morgan fingerprint density at radius 2 is 1.70 bits per heavy atom. The number of aromatic hydroxyl groups is 1. The van der Waals surface area contributed by atoms with Crippen molar-refractivity contribution in [2.75, 3.05) is 0 Å². The van der Waals surface area contributed by atoms with Crippen molar-refractivity contribution < 1.29 is 5.11 Å². The predicted octanol–water partition coefficient (Wildman–Crippen LogP) is 1.89. The predicted molar refractivity (Wildman–Crippen MR) is 101 cm³/mol. The minimum Gasteiger partial charge on any atom is -0.508 e. The summed E-state index contributed by atoms with van der Waals surface area (Å²) in [5.74, 6) is 0.262. The maximum absolute atomic E-state index is 13.0. The van der Waals surface area contributed by atoms with Crippen LogP contribution in [-0.2, 0) is 0 Å². The molecule has 0 unspecified atom stereocenters. The monoisotopic (exact) mass is 363 g/mol. The fourth-order valence-electron chi connectivity index (χ4n) is 3.27. The molecule has 1 aromatic carbocycles. The van der Waals surface area contributed by atoms with Gasteiger partial charge in [-0.05, 0) is 39.0 Å². The molecule has 0 bridgehead atoms. The van der Waals surface area contributed by atoms with Crippen molar-refractivity contribution in [1.29, 1.82) is 0 Å². The van der Waals surface area contributed by atoms with Crippen molar-refractivity contribution in [3.8, 4) is 17.4 Å². The third-order valence-corrected chi connectivity index (χ3v) is 4.36. The Kier molecular flexibility index (Phi) is 3.69. The van der Waals surface area contributed by atoms with Crippen molar-refractivity contribution in [2.45, 2.75) is 20.8 Å². The summed E-state index contributed by atoms with van der Waals surface area (Å²) in [5, 5.41) is 13.0. The highest BCUT2D eigenvalue weighted by Gasteiger charge is 2.17. The van der Waals surface area contributed by atoms with Gasteiger partial charge >= 0.3 is 0 Å². The molecule has 0 aliphatic rings. The van der Waals surface area contributed by atoms with E-state index in [9.17, 15) is 14.7 Å². The first-order valence-corrected chi connectivity index (χ1v) is 8.34. The molecule has 27 heavy (non-hydrogen) atoms. The largest absolute Gasteiger partial charge is 0.508 e. The fraction of sp³-hybridized carbons (Fsp3) is 0.158. The molecule has 2 N–H and O–H groups in total. The average Bonchev–Trinajstić information content (AvgIpc) is 2.90. The number of aromatic nitrogens is 5. The molecule has 8 nitrogen and oxygen atoms in total. The lowest BCUT2D eigenvalue weighted by Gasteiger charge is -2.10. The van der Waals surface area contributed by atoms with Gasteiger partial charge in [0.05, 0.1) is 16.6 Å². The quantitative estimate of drug-likeness (QED) is 0.566. The summed E-state index contributed by atoms with van der Waals surface area (Å²) < 4.78 is 2.63. The zero-order chi connectivity index (χ0) is 19.3. The van der Waals surface area contributed by atoms with Crippen LogP contribution in [0.1, 0.15) is 17.1 Å². The molecule has 3 heterocycles. The summed E-state index contributed by atoms with van der Waals surface area (Å²) in [6, 6.07) is 9.49. The molecule has 0 amide bonds. The van der Waals surface area contributed by atoms with Gasteiger partial charge in [0, 0.05) is 29.2 Å². The molecule has 4 rings (SSSR count). The number of phenols is 1. The molecule has 0 saturated heterocycles. The first-order valence-electron chi connectivity index (χ1n) is 8.34. The summed E-state index contributed by atoms with van der Waals surface area (Å²) in [6.07, 6.45) is 0. The minimum atomic E-state index is -0.346. The van der Waals surface area contributed by atoms with Crippen LogP contribution in [-0.4, -0.2) is 29.4 Å². The van der Waals surface area contributed by atoms with E-state index in [-0.39, 0.29) is 22.8 Å². The SMILES string of the molecule is Cc1cc(C)nc(-n2[nH]c3cc(=O)n(-c4cccc(O)c4)c(C)c3c2=O)n1. The van der Waals surface area contributed by atoms with Gasteiger partial charge in [-0.15, -0.1) is 0 Å². The Hall–Kier alpha value is -3.68. The van der Waals surface area contributed by atoms with E-state index in [2.05, 4.69) is 15.1 Å². The lowest BCUT2D eigenvalue weighted by Crippen LogP contribution is -2.22. The van der Waals surface area contributed by atoms with Gasteiger partial charge in [-0.2, -0.15) is 4.68 Å². The standard InChI is InChI=1S/C19H17N5O3/c1-10-7-11(2)21-19(20-10)24-18(27)17-12(3)23(16(26)9-15(17)22-24)13-5-4-6-14(25)8-13/h4-9,22,25H,1-3H3.